The molecule has 1 saturated heterocycles. The first-order valence-corrected chi connectivity index (χ1v) is 9.34. The molecule has 140 valence electrons. The minimum absolute atomic E-state index is 0.117. The van der Waals surface area contributed by atoms with Crippen LogP contribution in [0.15, 0.2) is 48.5 Å². The lowest BCUT2D eigenvalue weighted by Gasteiger charge is -2.12. The van der Waals surface area contributed by atoms with Crippen molar-refractivity contribution in [1.29, 1.82) is 0 Å². The number of carbonyl (C=O) groups excluding carboxylic acids is 1. The van der Waals surface area contributed by atoms with Crippen LogP contribution in [0.4, 0.5) is 0 Å². The molecule has 0 aliphatic carbocycles. The van der Waals surface area contributed by atoms with Gasteiger partial charge in [-0.25, -0.2) is 4.98 Å². The number of hydrogen-bond acceptors (Lipinski definition) is 4. The average Bonchev–Trinajstić information content (AvgIpc) is 3.35. The zero-order chi connectivity index (χ0) is 18.5. The SMILES string of the molecule is O=C(NCCc1nc2ccccc2[nH]1)c1cccc(OCC2CCCO2)c1. The molecule has 2 N–H and O–H groups in total. The summed E-state index contributed by atoms with van der Waals surface area (Å²) < 4.78 is 11.3. The van der Waals surface area contributed by atoms with Crippen LogP contribution in [0, 0.1) is 0 Å². The molecule has 1 aliphatic rings. The second-order valence-electron chi connectivity index (χ2n) is 6.68. The number of amides is 1. The highest BCUT2D eigenvalue weighted by atomic mass is 16.5. The van der Waals surface area contributed by atoms with Crippen molar-refractivity contribution >= 4 is 16.9 Å². The Morgan fingerprint density at radius 3 is 3.04 bits per heavy atom. The summed E-state index contributed by atoms with van der Waals surface area (Å²) in [5.41, 5.74) is 2.54. The van der Waals surface area contributed by atoms with Crippen LogP contribution >= 0.6 is 0 Å². The third kappa shape index (κ3) is 4.46. The average molecular weight is 365 g/mol. The smallest absolute Gasteiger partial charge is 0.251 e. The molecule has 6 nitrogen and oxygen atoms in total. The Balaban J connectivity index is 1.29. The third-order valence-corrected chi connectivity index (χ3v) is 4.64. The highest BCUT2D eigenvalue weighted by Gasteiger charge is 2.16. The van der Waals surface area contributed by atoms with Gasteiger partial charge in [-0.05, 0) is 43.2 Å². The fourth-order valence-corrected chi connectivity index (χ4v) is 3.21. The Morgan fingerprint density at radius 2 is 2.19 bits per heavy atom. The Bertz CT molecular complexity index is 883. The van der Waals surface area contributed by atoms with Crippen molar-refractivity contribution in [2.24, 2.45) is 0 Å². The number of nitrogens with one attached hydrogen (secondary N) is 2. The number of aromatic amines is 1. The second-order valence-corrected chi connectivity index (χ2v) is 6.68. The Labute approximate surface area is 157 Å². The number of carbonyl (C=O) groups is 1. The summed E-state index contributed by atoms with van der Waals surface area (Å²) in [5, 5.41) is 2.94. The maximum absolute atomic E-state index is 12.4. The molecule has 1 aliphatic heterocycles. The number of para-hydroxylation sites is 2. The molecule has 0 saturated carbocycles. The molecule has 27 heavy (non-hydrogen) atoms. The van der Waals surface area contributed by atoms with E-state index in [1.807, 2.05) is 36.4 Å². The largest absolute Gasteiger partial charge is 0.491 e. The van der Waals surface area contributed by atoms with E-state index in [0.717, 1.165) is 36.3 Å². The molecule has 0 spiro atoms. The lowest BCUT2D eigenvalue weighted by Crippen LogP contribution is -2.26. The van der Waals surface area contributed by atoms with Gasteiger partial charge in [0.2, 0.25) is 0 Å². The maximum atomic E-state index is 12.4. The number of fused-ring (bicyclic) bond motifs is 1. The number of rotatable bonds is 7. The normalized spacial score (nSPS) is 16.5. The van der Waals surface area contributed by atoms with E-state index in [2.05, 4.69) is 15.3 Å². The molecule has 6 heteroatoms. The van der Waals surface area contributed by atoms with Gasteiger partial charge >= 0.3 is 0 Å². The van der Waals surface area contributed by atoms with Crippen molar-refractivity contribution in [3.8, 4) is 5.75 Å². The van der Waals surface area contributed by atoms with Gasteiger partial charge in [-0.1, -0.05) is 18.2 Å². The number of aromatic nitrogens is 2. The standard InChI is InChI=1S/C21H23N3O3/c25-21(22-11-10-20-23-18-8-1-2-9-19(18)24-20)15-5-3-6-16(13-15)27-14-17-7-4-12-26-17/h1-3,5-6,8-9,13,17H,4,7,10-12,14H2,(H,22,25)(H,23,24). The van der Waals surface area contributed by atoms with Gasteiger partial charge in [0, 0.05) is 25.1 Å². The highest BCUT2D eigenvalue weighted by molar-refractivity contribution is 5.94. The first-order chi connectivity index (χ1) is 13.3. The summed E-state index contributed by atoms with van der Waals surface area (Å²) in [6.45, 7) is 1.85. The van der Waals surface area contributed by atoms with Crippen molar-refractivity contribution in [1.82, 2.24) is 15.3 Å². The molecule has 2 aromatic carbocycles. The number of hydrogen-bond donors (Lipinski definition) is 2. The molecule has 4 rings (SSSR count). The van der Waals surface area contributed by atoms with Crippen LogP contribution in [0.3, 0.4) is 0 Å². The quantitative estimate of drug-likeness (QED) is 0.675. The molecule has 0 radical (unpaired) electrons. The topological polar surface area (TPSA) is 76.2 Å². The van der Waals surface area contributed by atoms with Crippen molar-refractivity contribution in [2.75, 3.05) is 19.8 Å². The number of H-pyrrole nitrogens is 1. The summed E-state index contributed by atoms with van der Waals surface area (Å²) in [7, 11) is 0. The molecule has 3 aromatic rings. The lowest BCUT2D eigenvalue weighted by atomic mass is 10.2. The fourth-order valence-electron chi connectivity index (χ4n) is 3.21. The van der Waals surface area contributed by atoms with Crippen LogP contribution in [0.2, 0.25) is 0 Å². The summed E-state index contributed by atoms with van der Waals surface area (Å²) in [5.74, 6) is 1.44. The van der Waals surface area contributed by atoms with Crippen LogP contribution in [-0.2, 0) is 11.2 Å². The molecule has 1 aromatic heterocycles. The molecule has 1 unspecified atom stereocenters. The third-order valence-electron chi connectivity index (χ3n) is 4.64. The predicted octanol–water partition coefficient (Wildman–Crippen LogP) is 3.09. The van der Waals surface area contributed by atoms with Gasteiger partial charge in [-0.3, -0.25) is 4.79 Å². The number of benzene rings is 2. The van der Waals surface area contributed by atoms with E-state index >= 15 is 0 Å². The molecule has 1 fully saturated rings. The van der Waals surface area contributed by atoms with Gasteiger partial charge in [0.25, 0.3) is 5.91 Å². The summed E-state index contributed by atoms with van der Waals surface area (Å²) in [6, 6.07) is 15.1. The molecule has 0 bridgehead atoms. The second kappa shape index (κ2) is 8.22. The lowest BCUT2D eigenvalue weighted by molar-refractivity contribution is 0.0679. The van der Waals surface area contributed by atoms with Crippen molar-refractivity contribution in [3.63, 3.8) is 0 Å². The summed E-state index contributed by atoms with van der Waals surface area (Å²) in [6.07, 6.45) is 2.92. The van der Waals surface area contributed by atoms with Crippen molar-refractivity contribution in [2.45, 2.75) is 25.4 Å². The minimum Gasteiger partial charge on any atom is -0.491 e. The van der Waals surface area contributed by atoms with E-state index in [0.29, 0.717) is 30.9 Å². The van der Waals surface area contributed by atoms with Crippen molar-refractivity contribution < 1.29 is 14.3 Å². The zero-order valence-electron chi connectivity index (χ0n) is 15.1. The Kier molecular flexibility index (Phi) is 5.34. The van der Waals surface area contributed by atoms with Gasteiger partial charge in [0.1, 0.15) is 18.2 Å². The summed E-state index contributed by atoms with van der Waals surface area (Å²) >= 11 is 0. The van der Waals surface area contributed by atoms with E-state index in [1.165, 1.54) is 0 Å². The van der Waals surface area contributed by atoms with Crippen LogP contribution in [0.25, 0.3) is 11.0 Å². The van der Waals surface area contributed by atoms with Crippen LogP contribution < -0.4 is 10.1 Å². The molecular formula is C21H23N3O3. The van der Waals surface area contributed by atoms with E-state index < -0.39 is 0 Å². The van der Waals surface area contributed by atoms with Gasteiger partial charge in [-0.15, -0.1) is 0 Å². The van der Waals surface area contributed by atoms with Crippen LogP contribution in [0.1, 0.15) is 29.0 Å². The van der Waals surface area contributed by atoms with Crippen molar-refractivity contribution in [3.05, 3.63) is 59.9 Å². The van der Waals surface area contributed by atoms with Crippen LogP contribution in [-0.4, -0.2) is 41.7 Å². The Morgan fingerprint density at radius 1 is 1.26 bits per heavy atom. The first-order valence-electron chi connectivity index (χ1n) is 9.34. The highest BCUT2D eigenvalue weighted by Crippen LogP contribution is 2.17. The molecular weight excluding hydrogens is 342 g/mol. The number of imidazole rings is 1. The fraction of sp³-hybridized carbons (Fsp3) is 0.333. The number of ether oxygens (including phenoxy) is 2. The van der Waals surface area contributed by atoms with E-state index in [-0.39, 0.29) is 12.0 Å². The number of nitrogens with zero attached hydrogens (tertiary/aromatic N) is 1. The van der Waals surface area contributed by atoms with E-state index in [1.54, 1.807) is 12.1 Å². The monoisotopic (exact) mass is 365 g/mol. The maximum Gasteiger partial charge on any atom is 0.251 e. The zero-order valence-corrected chi connectivity index (χ0v) is 15.1. The van der Waals surface area contributed by atoms with E-state index in [9.17, 15) is 4.79 Å². The minimum atomic E-state index is -0.117. The van der Waals surface area contributed by atoms with Crippen LogP contribution in [0.5, 0.6) is 5.75 Å². The predicted molar refractivity (Wildman–Crippen MR) is 103 cm³/mol. The van der Waals surface area contributed by atoms with Gasteiger partial charge < -0.3 is 19.8 Å². The molecule has 1 atom stereocenters. The molecule has 2 heterocycles. The Hall–Kier alpha value is -2.86. The summed E-state index contributed by atoms with van der Waals surface area (Å²) in [4.78, 5) is 20.2. The van der Waals surface area contributed by atoms with E-state index in [4.69, 9.17) is 9.47 Å². The molecule has 1 amide bonds. The van der Waals surface area contributed by atoms with Gasteiger partial charge in [0.05, 0.1) is 17.1 Å². The van der Waals surface area contributed by atoms with Gasteiger partial charge in [-0.2, -0.15) is 0 Å². The first kappa shape index (κ1) is 17.5. The van der Waals surface area contributed by atoms with Gasteiger partial charge in [0.15, 0.2) is 0 Å².